The van der Waals surface area contributed by atoms with E-state index in [1.165, 1.54) is 22.1 Å². The van der Waals surface area contributed by atoms with Crippen molar-refractivity contribution in [3.05, 3.63) is 58.6 Å². The van der Waals surface area contributed by atoms with Crippen molar-refractivity contribution in [2.75, 3.05) is 23.7 Å². The quantitative estimate of drug-likeness (QED) is 0.848. The molecule has 1 fully saturated rings. The van der Waals surface area contributed by atoms with Gasteiger partial charge in [0.05, 0.1) is 5.69 Å². The van der Waals surface area contributed by atoms with E-state index >= 15 is 0 Å². The van der Waals surface area contributed by atoms with Crippen molar-refractivity contribution < 1.29 is 0 Å². The van der Waals surface area contributed by atoms with Gasteiger partial charge in [0.25, 0.3) is 0 Å². The van der Waals surface area contributed by atoms with Gasteiger partial charge in [-0.1, -0.05) is 24.3 Å². The topological polar surface area (TPSA) is 29.3 Å². The molecule has 98 valence electrons. The molecule has 0 bridgehead atoms. The molecule has 2 aromatic rings. The Balaban J connectivity index is 1.77. The van der Waals surface area contributed by atoms with Crippen LogP contribution in [-0.4, -0.2) is 13.1 Å². The fourth-order valence-electron chi connectivity index (χ4n) is 2.73. The summed E-state index contributed by atoms with van der Waals surface area (Å²) in [6, 6.07) is 16.7. The first kappa shape index (κ1) is 12.5. The van der Waals surface area contributed by atoms with Gasteiger partial charge in [0.1, 0.15) is 0 Å². The molecule has 1 unspecified atom stereocenters. The molecule has 1 saturated heterocycles. The Kier molecular flexibility index (Phi) is 3.47. The summed E-state index contributed by atoms with van der Waals surface area (Å²) in [5.41, 5.74) is 9.27. The normalized spacial score (nSPS) is 18.8. The maximum Gasteiger partial charge on any atom is 0.0510 e. The second-order valence-corrected chi connectivity index (χ2v) is 5.90. The van der Waals surface area contributed by atoms with Crippen LogP contribution in [0.3, 0.4) is 0 Å². The van der Waals surface area contributed by atoms with Crippen LogP contribution in [0.1, 0.15) is 17.9 Å². The van der Waals surface area contributed by atoms with Crippen molar-refractivity contribution in [3.63, 3.8) is 0 Å². The van der Waals surface area contributed by atoms with E-state index in [1.807, 2.05) is 12.1 Å². The van der Waals surface area contributed by atoms with Gasteiger partial charge in [-0.25, -0.2) is 0 Å². The summed E-state index contributed by atoms with van der Waals surface area (Å²) in [4.78, 5) is 2.45. The Labute approximate surface area is 122 Å². The Morgan fingerprint density at radius 3 is 2.53 bits per heavy atom. The average molecular weight is 317 g/mol. The lowest BCUT2D eigenvalue weighted by Crippen LogP contribution is -2.19. The third-order valence-corrected chi connectivity index (χ3v) is 4.46. The van der Waals surface area contributed by atoms with E-state index < -0.39 is 0 Å². The molecular weight excluding hydrogens is 300 g/mol. The molecule has 1 aliphatic rings. The monoisotopic (exact) mass is 316 g/mol. The minimum atomic E-state index is 0.604. The lowest BCUT2D eigenvalue weighted by atomic mass is 9.98. The van der Waals surface area contributed by atoms with Crippen LogP contribution >= 0.6 is 15.9 Å². The molecule has 1 atom stereocenters. The third-order valence-electron chi connectivity index (χ3n) is 3.79. The highest BCUT2D eigenvalue weighted by Crippen LogP contribution is 2.34. The fourth-order valence-corrected chi connectivity index (χ4v) is 3.26. The first-order valence-corrected chi connectivity index (χ1v) is 7.38. The fraction of sp³-hybridized carbons (Fsp3) is 0.250. The van der Waals surface area contributed by atoms with Gasteiger partial charge in [-0.05, 0) is 52.2 Å². The second-order valence-electron chi connectivity index (χ2n) is 5.05. The van der Waals surface area contributed by atoms with Crippen LogP contribution in [0.15, 0.2) is 53.0 Å². The van der Waals surface area contributed by atoms with E-state index in [-0.39, 0.29) is 0 Å². The number of rotatable bonds is 2. The van der Waals surface area contributed by atoms with E-state index in [2.05, 4.69) is 57.2 Å². The van der Waals surface area contributed by atoms with Gasteiger partial charge in [0, 0.05) is 29.2 Å². The minimum absolute atomic E-state index is 0.604. The first-order valence-electron chi connectivity index (χ1n) is 6.59. The molecule has 0 aliphatic carbocycles. The lowest BCUT2D eigenvalue weighted by Gasteiger charge is -2.20. The molecule has 2 aromatic carbocycles. The molecule has 19 heavy (non-hydrogen) atoms. The van der Waals surface area contributed by atoms with Crippen molar-refractivity contribution in [1.82, 2.24) is 0 Å². The van der Waals surface area contributed by atoms with E-state index in [0.29, 0.717) is 5.92 Å². The predicted octanol–water partition coefficient (Wildman–Crippen LogP) is 4.03. The molecule has 2 N–H and O–H groups in total. The molecule has 0 radical (unpaired) electrons. The molecule has 3 rings (SSSR count). The Morgan fingerprint density at radius 2 is 1.79 bits per heavy atom. The highest BCUT2D eigenvalue weighted by Gasteiger charge is 2.24. The van der Waals surface area contributed by atoms with E-state index in [0.717, 1.165) is 18.8 Å². The van der Waals surface area contributed by atoms with Gasteiger partial charge in [-0.15, -0.1) is 0 Å². The van der Waals surface area contributed by atoms with Crippen LogP contribution < -0.4 is 10.6 Å². The molecule has 0 spiro atoms. The summed E-state index contributed by atoms with van der Waals surface area (Å²) in [5.74, 6) is 0.604. The lowest BCUT2D eigenvalue weighted by molar-refractivity contribution is 0.775. The number of anilines is 2. The summed E-state index contributed by atoms with van der Waals surface area (Å²) >= 11 is 3.63. The zero-order valence-corrected chi connectivity index (χ0v) is 12.3. The van der Waals surface area contributed by atoms with E-state index in [4.69, 9.17) is 5.73 Å². The molecule has 0 aromatic heterocycles. The van der Waals surface area contributed by atoms with Crippen molar-refractivity contribution in [1.29, 1.82) is 0 Å². The van der Waals surface area contributed by atoms with Gasteiger partial charge in [0.15, 0.2) is 0 Å². The van der Waals surface area contributed by atoms with Crippen LogP contribution in [0.25, 0.3) is 0 Å². The Morgan fingerprint density at radius 1 is 1.05 bits per heavy atom. The van der Waals surface area contributed by atoms with E-state index in [9.17, 15) is 0 Å². The molecule has 3 heteroatoms. The van der Waals surface area contributed by atoms with Crippen LogP contribution in [0.4, 0.5) is 11.4 Å². The number of nitrogens with two attached hydrogens (primary N) is 1. The summed E-state index contributed by atoms with van der Waals surface area (Å²) in [6.45, 7) is 2.18. The summed E-state index contributed by atoms with van der Waals surface area (Å²) in [7, 11) is 0. The van der Waals surface area contributed by atoms with Gasteiger partial charge in [-0.2, -0.15) is 0 Å². The summed E-state index contributed by atoms with van der Waals surface area (Å²) < 4.78 is 1.17. The molecule has 0 saturated carbocycles. The van der Waals surface area contributed by atoms with Crippen LogP contribution in [0, 0.1) is 0 Å². The smallest absolute Gasteiger partial charge is 0.0510 e. The van der Waals surface area contributed by atoms with Crippen LogP contribution in [0.5, 0.6) is 0 Å². The van der Waals surface area contributed by atoms with E-state index in [1.54, 1.807) is 0 Å². The molecule has 2 nitrogen and oxygen atoms in total. The maximum atomic E-state index is 5.75. The molecule has 1 heterocycles. The van der Waals surface area contributed by atoms with Gasteiger partial charge < -0.3 is 10.6 Å². The minimum Gasteiger partial charge on any atom is -0.399 e. The van der Waals surface area contributed by atoms with Gasteiger partial charge >= 0.3 is 0 Å². The van der Waals surface area contributed by atoms with Crippen molar-refractivity contribution in [2.24, 2.45) is 0 Å². The van der Waals surface area contributed by atoms with Gasteiger partial charge in [-0.3, -0.25) is 0 Å². The zero-order valence-electron chi connectivity index (χ0n) is 10.7. The van der Waals surface area contributed by atoms with Crippen molar-refractivity contribution in [2.45, 2.75) is 12.3 Å². The standard InChI is InChI=1S/C16H17BrN2/c17-15-3-1-2-4-16(15)19-10-9-13(11-19)12-5-7-14(18)8-6-12/h1-8,13H,9-11,18H2. The highest BCUT2D eigenvalue weighted by atomic mass is 79.9. The Bertz CT molecular complexity index is 565. The Hall–Kier alpha value is -1.48. The SMILES string of the molecule is Nc1ccc(C2CCN(c3ccccc3Br)C2)cc1. The summed E-state index contributed by atoms with van der Waals surface area (Å²) in [5, 5.41) is 0. The third kappa shape index (κ3) is 2.61. The molecule has 1 aliphatic heterocycles. The largest absolute Gasteiger partial charge is 0.399 e. The molecular formula is C16H17BrN2. The van der Waals surface area contributed by atoms with Crippen LogP contribution in [-0.2, 0) is 0 Å². The number of para-hydroxylation sites is 1. The zero-order chi connectivity index (χ0) is 13.2. The first-order chi connectivity index (χ1) is 9.24. The second kappa shape index (κ2) is 5.25. The predicted molar refractivity (Wildman–Crippen MR) is 84.6 cm³/mol. The highest BCUT2D eigenvalue weighted by molar-refractivity contribution is 9.10. The van der Waals surface area contributed by atoms with Gasteiger partial charge in [0.2, 0.25) is 0 Å². The maximum absolute atomic E-state index is 5.75. The number of benzene rings is 2. The number of nitrogen functional groups attached to an aromatic ring is 1. The van der Waals surface area contributed by atoms with Crippen molar-refractivity contribution in [3.8, 4) is 0 Å². The van der Waals surface area contributed by atoms with Crippen molar-refractivity contribution >= 4 is 27.3 Å². The summed E-state index contributed by atoms with van der Waals surface area (Å²) in [6.07, 6.45) is 1.20. The number of halogens is 1. The number of hydrogen-bond donors (Lipinski definition) is 1. The average Bonchev–Trinajstić information content (AvgIpc) is 2.89. The number of nitrogens with zero attached hydrogens (tertiary/aromatic N) is 1. The van der Waals surface area contributed by atoms with Crippen LogP contribution in [0.2, 0.25) is 0 Å². The number of hydrogen-bond acceptors (Lipinski definition) is 2. The molecule has 0 amide bonds.